The van der Waals surface area contributed by atoms with Crippen LogP contribution in [-0.2, 0) is 12.8 Å². The minimum absolute atomic E-state index is 0.0532. The fourth-order valence-corrected chi connectivity index (χ4v) is 6.53. The Hall–Kier alpha value is -0.350. The fraction of sp³-hybridized carbons (Fsp3) is 0.750. The highest BCUT2D eigenvalue weighted by atomic mass is 31.1. The van der Waals surface area contributed by atoms with Crippen LogP contribution in [0.5, 0.6) is 0 Å². The molecule has 0 bridgehead atoms. The Bertz CT molecular complexity index is 438. The van der Waals surface area contributed by atoms with E-state index in [0.717, 1.165) is 0 Å². The molecule has 1 unspecified atom stereocenters. The molecule has 0 nitrogen and oxygen atoms in total. The van der Waals surface area contributed by atoms with E-state index in [0.29, 0.717) is 0 Å². The number of rotatable bonds is 15. The minimum atomic E-state index is 0.0532. The number of hydrogen-bond donors (Lipinski definition) is 0. The van der Waals surface area contributed by atoms with Crippen molar-refractivity contribution in [2.45, 2.75) is 105 Å². The van der Waals surface area contributed by atoms with E-state index < -0.39 is 0 Å². The molecule has 0 spiro atoms. The zero-order chi connectivity index (χ0) is 18.3. The maximum Gasteiger partial charge on any atom is -0.0206 e. The fourth-order valence-electron chi connectivity index (χ4n) is 3.59. The van der Waals surface area contributed by atoms with E-state index in [-0.39, 0.29) is 7.92 Å². The molecule has 1 heteroatoms. The van der Waals surface area contributed by atoms with Gasteiger partial charge >= 0.3 is 0 Å². The topological polar surface area (TPSA) is 0 Å². The number of benzene rings is 1. The van der Waals surface area contributed by atoms with Gasteiger partial charge in [-0.2, -0.15) is 0 Å². The molecule has 0 N–H and O–H groups in total. The monoisotopic (exact) mass is 362 g/mol. The Labute approximate surface area is 160 Å². The summed E-state index contributed by atoms with van der Waals surface area (Å²) in [6, 6.07) is 7.29. The van der Waals surface area contributed by atoms with Gasteiger partial charge in [0.2, 0.25) is 0 Å². The van der Waals surface area contributed by atoms with Gasteiger partial charge in [0.05, 0.1) is 0 Å². The summed E-state index contributed by atoms with van der Waals surface area (Å²) in [6.45, 7) is 9.32. The SMILES string of the molecule is CCCCCCP(CCCC)c1cccc(CCCC)c1CCCC. The van der Waals surface area contributed by atoms with Crippen molar-refractivity contribution in [3.63, 3.8) is 0 Å². The highest BCUT2D eigenvalue weighted by Gasteiger charge is 2.16. The van der Waals surface area contributed by atoms with Gasteiger partial charge in [0.1, 0.15) is 0 Å². The summed E-state index contributed by atoms with van der Waals surface area (Å²) >= 11 is 0. The summed E-state index contributed by atoms with van der Waals surface area (Å²) in [7, 11) is 0.0532. The predicted molar refractivity (Wildman–Crippen MR) is 119 cm³/mol. The summed E-state index contributed by atoms with van der Waals surface area (Å²) in [5.74, 6) is 0. The van der Waals surface area contributed by atoms with Crippen molar-refractivity contribution in [3.8, 4) is 0 Å². The molecule has 0 saturated carbocycles. The lowest BCUT2D eigenvalue weighted by molar-refractivity contribution is 0.704. The van der Waals surface area contributed by atoms with Crippen LogP contribution in [0.1, 0.15) is 103 Å². The van der Waals surface area contributed by atoms with Crippen molar-refractivity contribution in [3.05, 3.63) is 29.3 Å². The highest BCUT2D eigenvalue weighted by molar-refractivity contribution is 7.65. The first-order valence-electron chi connectivity index (χ1n) is 11.1. The lowest BCUT2D eigenvalue weighted by Crippen LogP contribution is -2.15. The van der Waals surface area contributed by atoms with Gasteiger partial charge < -0.3 is 0 Å². The Morgan fingerprint density at radius 1 is 0.640 bits per heavy atom. The number of aryl methyl sites for hydroxylation is 1. The molecule has 0 fully saturated rings. The van der Waals surface area contributed by atoms with Gasteiger partial charge in [-0.25, -0.2) is 0 Å². The summed E-state index contributed by atoms with van der Waals surface area (Å²) in [5, 5.41) is 1.78. The van der Waals surface area contributed by atoms with Crippen LogP contribution in [0.4, 0.5) is 0 Å². The molecule has 25 heavy (non-hydrogen) atoms. The molecule has 0 amide bonds. The second-order valence-corrected chi connectivity index (χ2v) is 9.98. The lowest BCUT2D eigenvalue weighted by atomic mass is 9.98. The minimum Gasteiger partial charge on any atom is -0.0750 e. The standard InChI is InChI=1S/C24H43P/c1-5-9-13-14-21-25(20-12-8-4)24-19-15-17-22(16-10-6-2)23(24)18-11-7-3/h15,17,19H,5-14,16,18,20-21H2,1-4H3. The number of unbranched alkanes of at least 4 members (excludes halogenated alkanes) is 6. The van der Waals surface area contributed by atoms with Gasteiger partial charge in [-0.1, -0.05) is 92.3 Å². The van der Waals surface area contributed by atoms with E-state index >= 15 is 0 Å². The van der Waals surface area contributed by atoms with E-state index in [4.69, 9.17) is 0 Å². The van der Waals surface area contributed by atoms with Crippen molar-refractivity contribution in [1.82, 2.24) is 0 Å². The van der Waals surface area contributed by atoms with Crippen molar-refractivity contribution in [2.24, 2.45) is 0 Å². The van der Waals surface area contributed by atoms with Crippen molar-refractivity contribution < 1.29 is 0 Å². The van der Waals surface area contributed by atoms with Crippen LogP contribution < -0.4 is 5.30 Å². The molecule has 1 aromatic rings. The van der Waals surface area contributed by atoms with Gasteiger partial charge in [0, 0.05) is 0 Å². The zero-order valence-electron chi connectivity index (χ0n) is 17.6. The molecule has 0 aliphatic rings. The third-order valence-corrected chi connectivity index (χ3v) is 8.04. The van der Waals surface area contributed by atoms with Crippen LogP contribution in [0.25, 0.3) is 0 Å². The quantitative estimate of drug-likeness (QED) is 0.220. The third-order valence-electron chi connectivity index (χ3n) is 5.23. The Balaban J connectivity index is 2.98. The van der Waals surface area contributed by atoms with Gasteiger partial charge in [0.25, 0.3) is 0 Å². The molecule has 0 aliphatic heterocycles. The van der Waals surface area contributed by atoms with E-state index in [1.807, 2.05) is 0 Å². The maximum absolute atomic E-state index is 2.50. The number of hydrogen-bond acceptors (Lipinski definition) is 0. The van der Waals surface area contributed by atoms with Crippen LogP contribution in [0.2, 0.25) is 0 Å². The van der Waals surface area contributed by atoms with Crippen LogP contribution in [-0.4, -0.2) is 12.3 Å². The molecule has 0 saturated heterocycles. The van der Waals surface area contributed by atoms with Gasteiger partial charge in [0.15, 0.2) is 0 Å². The zero-order valence-corrected chi connectivity index (χ0v) is 18.5. The molecule has 0 heterocycles. The molecular weight excluding hydrogens is 319 g/mol. The maximum atomic E-state index is 2.50. The van der Waals surface area contributed by atoms with Crippen LogP contribution in [0.3, 0.4) is 0 Å². The summed E-state index contributed by atoms with van der Waals surface area (Å²) in [5.41, 5.74) is 3.43. The molecule has 1 atom stereocenters. The van der Waals surface area contributed by atoms with Crippen molar-refractivity contribution in [1.29, 1.82) is 0 Å². The highest BCUT2D eigenvalue weighted by Crippen LogP contribution is 2.39. The van der Waals surface area contributed by atoms with Crippen LogP contribution >= 0.6 is 7.92 Å². The van der Waals surface area contributed by atoms with Crippen molar-refractivity contribution in [2.75, 3.05) is 12.3 Å². The van der Waals surface area contributed by atoms with E-state index in [1.54, 1.807) is 16.4 Å². The lowest BCUT2D eigenvalue weighted by Gasteiger charge is -2.24. The molecule has 144 valence electrons. The van der Waals surface area contributed by atoms with Crippen LogP contribution in [0.15, 0.2) is 18.2 Å². The average Bonchev–Trinajstić information content (AvgIpc) is 2.64. The molecule has 0 radical (unpaired) electrons. The molecule has 1 rings (SSSR count). The molecular formula is C24H43P. The Kier molecular flexibility index (Phi) is 13.4. The smallest absolute Gasteiger partial charge is 0.0206 e. The first-order valence-corrected chi connectivity index (χ1v) is 12.8. The summed E-state index contributed by atoms with van der Waals surface area (Å²) in [4.78, 5) is 0. The second-order valence-electron chi connectivity index (χ2n) is 7.52. The van der Waals surface area contributed by atoms with Gasteiger partial charge in [-0.3, -0.25) is 0 Å². The second kappa shape index (κ2) is 14.8. The van der Waals surface area contributed by atoms with E-state index in [9.17, 15) is 0 Å². The Morgan fingerprint density at radius 2 is 1.28 bits per heavy atom. The predicted octanol–water partition coefficient (Wildman–Crippen LogP) is 7.86. The van der Waals surface area contributed by atoms with Crippen LogP contribution in [0, 0.1) is 0 Å². The first-order chi connectivity index (χ1) is 12.3. The summed E-state index contributed by atoms with van der Waals surface area (Å²) < 4.78 is 0. The first kappa shape index (κ1) is 22.7. The van der Waals surface area contributed by atoms with Crippen molar-refractivity contribution >= 4 is 13.2 Å². The van der Waals surface area contributed by atoms with Gasteiger partial charge in [-0.05, 0) is 67.3 Å². The van der Waals surface area contributed by atoms with E-state index in [2.05, 4.69) is 45.9 Å². The largest absolute Gasteiger partial charge is 0.0750 e. The Morgan fingerprint density at radius 3 is 1.96 bits per heavy atom. The van der Waals surface area contributed by atoms with E-state index in [1.165, 1.54) is 89.4 Å². The molecule has 1 aromatic carbocycles. The molecule has 0 aromatic heterocycles. The average molecular weight is 363 g/mol. The van der Waals surface area contributed by atoms with Gasteiger partial charge in [-0.15, -0.1) is 0 Å². The normalized spacial score (nSPS) is 12.5. The molecule has 0 aliphatic carbocycles. The third kappa shape index (κ3) is 8.72. The summed E-state index contributed by atoms with van der Waals surface area (Å²) in [6.07, 6.45) is 19.2.